The van der Waals surface area contributed by atoms with E-state index in [0.717, 1.165) is 0 Å². The van der Waals surface area contributed by atoms with Gasteiger partial charge in [0.1, 0.15) is 12.2 Å². The molecule has 0 aromatic rings. The van der Waals surface area contributed by atoms with Gasteiger partial charge >= 0.3 is 5.97 Å². The summed E-state index contributed by atoms with van der Waals surface area (Å²) >= 11 is 0. The zero-order valence-electron chi connectivity index (χ0n) is 7.02. The molecule has 0 aliphatic rings. The molecule has 0 aliphatic carbocycles. The van der Waals surface area contributed by atoms with Crippen LogP contribution in [0.3, 0.4) is 0 Å². The maximum Gasteiger partial charge on any atom is 0.326 e. The zero-order valence-corrected chi connectivity index (χ0v) is 7.02. The highest BCUT2D eigenvalue weighted by molar-refractivity contribution is 5.79. The molecule has 0 amide bonds. The van der Waals surface area contributed by atoms with Crippen LogP contribution in [0.5, 0.6) is 0 Å². The van der Waals surface area contributed by atoms with Crippen molar-refractivity contribution in [1.29, 1.82) is 0 Å². The minimum Gasteiger partial charge on any atom is -0.480 e. The SMILES string of the molecule is CC(C)(C)C(N)(CF)C(=O)O. The number of hydrogen-bond donors (Lipinski definition) is 2. The van der Waals surface area contributed by atoms with E-state index in [1.165, 1.54) is 0 Å². The Kier molecular flexibility index (Phi) is 2.61. The smallest absolute Gasteiger partial charge is 0.326 e. The Morgan fingerprint density at radius 1 is 1.55 bits per heavy atom. The van der Waals surface area contributed by atoms with Crippen LogP contribution in [0.2, 0.25) is 0 Å². The van der Waals surface area contributed by atoms with E-state index in [-0.39, 0.29) is 0 Å². The monoisotopic (exact) mass is 163 g/mol. The highest BCUT2D eigenvalue weighted by Crippen LogP contribution is 2.28. The van der Waals surface area contributed by atoms with E-state index in [2.05, 4.69) is 0 Å². The largest absolute Gasteiger partial charge is 0.480 e. The van der Waals surface area contributed by atoms with Crippen molar-refractivity contribution in [3.63, 3.8) is 0 Å². The van der Waals surface area contributed by atoms with Crippen LogP contribution in [-0.2, 0) is 4.79 Å². The van der Waals surface area contributed by atoms with Gasteiger partial charge in [-0.15, -0.1) is 0 Å². The van der Waals surface area contributed by atoms with Gasteiger partial charge < -0.3 is 10.8 Å². The number of hydrogen-bond acceptors (Lipinski definition) is 2. The van der Waals surface area contributed by atoms with Crippen molar-refractivity contribution in [2.24, 2.45) is 11.1 Å². The Morgan fingerprint density at radius 2 is 1.91 bits per heavy atom. The topological polar surface area (TPSA) is 63.3 Å². The second kappa shape index (κ2) is 2.77. The van der Waals surface area contributed by atoms with Crippen LogP contribution in [0, 0.1) is 5.41 Å². The molecule has 0 heterocycles. The Balaban J connectivity index is 4.75. The van der Waals surface area contributed by atoms with Crippen molar-refractivity contribution in [2.75, 3.05) is 6.67 Å². The lowest BCUT2D eigenvalue weighted by Gasteiger charge is -2.34. The fourth-order valence-electron chi connectivity index (χ4n) is 0.578. The predicted molar refractivity (Wildman–Crippen MR) is 40.0 cm³/mol. The van der Waals surface area contributed by atoms with Gasteiger partial charge in [-0.3, -0.25) is 4.79 Å². The molecule has 1 unspecified atom stereocenters. The van der Waals surface area contributed by atoms with E-state index in [1.54, 1.807) is 20.8 Å². The minimum atomic E-state index is -1.77. The third-order valence-corrected chi connectivity index (χ3v) is 1.93. The Morgan fingerprint density at radius 3 is 1.91 bits per heavy atom. The van der Waals surface area contributed by atoms with Gasteiger partial charge in [0.15, 0.2) is 0 Å². The first-order chi connectivity index (χ1) is 4.75. The number of carboxylic acids is 1. The second-order valence-electron chi connectivity index (χ2n) is 3.66. The first kappa shape index (κ1) is 10.4. The summed E-state index contributed by atoms with van der Waals surface area (Å²) in [5.41, 5.74) is 2.80. The lowest BCUT2D eigenvalue weighted by atomic mass is 9.75. The van der Waals surface area contributed by atoms with Gasteiger partial charge in [0.05, 0.1) is 0 Å². The Bertz CT molecular complexity index is 164. The normalized spacial score (nSPS) is 17.5. The first-order valence-corrected chi connectivity index (χ1v) is 3.34. The summed E-state index contributed by atoms with van der Waals surface area (Å²) in [5.74, 6) is -1.30. The van der Waals surface area contributed by atoms with Crippen molar-refractivity contribution in [3.05, 3.63) is 0 Å². The Labute approximate surface area is 65.4 Å². The Hall–Kier alpha value is -0.640. The van der Waals surface area contributed by atoms with Crippen LogP contribution >= 0.6 is 0 Å². The number of aliphatic carboxylic acids is 1. The summed E-state index contributed by atoms with van der Waals surface area (Å²) in [6, 6.07) is 0. The predicted octanol–water partition coefficient (Wildman–Crippen LogP) is 0.784. The molecular formula is C7H14FNO2. The molecule has 0 aromatic heterocycles. The quantitative estimate of drug-likeness (QED) is 0.632. The van der Waals surface area contributed by atoms with Crippen LogP contribution in [0.1, 0.15) is 20.8 Å². The standard InChI is InChI=1S/C7H14FNO2/c1-6(2,3)7(9,4-8)5(10)11/h4,9H2,1-3H3,(H,10,11). The average Bonchev–Trinajstić information content (AvgIpc) is 1.83. The van der Waals surface area contributed by atoms with Crippen LogP contribution in [-0.4, -0.2) is 23.3 Å². The van der Waals surface area contributed by atoms with E-state index < -0.39 is 23.6 Å². The van der Waals surface area contributed by atoms with Gasteiger partial charge in [-0.1, -0.05) is 20.8 Å². The van der Waals surface area contributed by atoms with Gasteiger partial charge in [0.25, 0.3) is 0 Å². The molecule has 1 atom stereocenters. The summed E-state index contributed by atoms with van der Waals surface area (Å²) in [5, 5.41) is 8.60. The molecular weight excluding hydrogens is 149 g/mol. The third kappa shape index (κ3) is 1.68. The number of nitrogens with two attached hydrogens (primary N) is 1. The van der Waals surface area contributed by atoms with Crippen molar-refractivity contribution >= 4 is 5.97 Å². The molecule has 3 nitrogen and oxygen atoms in total. The molecule has 0 saturated carbocycles. The number of carboxylic acid groups (broad SMARTS) is 1. The van der Waals surface area contributed by atoms with Gasteiger partial charge in [-0.05, 0) is 5.41 Å². The van der Waals surface area contributed by atoms with Crippen molar-refractivity contribution < 1.29 is 14.3 Å². The molecule has 0 radical (unpaired) electrons. The number of rotatable bonds is 2. The van der Waals surface area contributed by atoms with E-state index in [0.29, 0.717) is 0 Å². The molecule has 0 saturated heterocycles. The molecule has 0 aliphatic heterocycles. The van der Waals surface area contributed by atoms with Gasteiger partial charge in [0.2, 0.25) is 0 Å². The highest BCUT2D eigenvalue weighted by Gasteiger charge is 2.45. The minimum absolute atomic E-state index is 0.770. The summed E-state index contributed by atoms with van der Waals surface area (Å²) in [6.07, 6.45) is 0. The summed E-state index contributed by atoms with van der Waals surface area (Å²) in [4.78, 5) is 10.5. The number of alkyl halides is 1. The average molecular weight is 163 g/mol. The molecule has 0 aromatic carbocycles. The van der Waals surface area contributed by atoms with Crippen LogP contribution in [0.4, 0.5) is 4.39 Å². The molecule has 0 spiro atoms. The summed E-state index contributed by atoms with van der Waals surface area (Å²) in [7, 11) is 0. The van der Waals surface area contributed by atoms with Crippen LogP contribution in [0.25, 0.3) is 0 Å². The summed E-state index contributed by atoms with van der Waals surface area (Å²) < 4.78 is 12.3. The molecule has 66 valence electrons. The van der Waals surface area contributed by atoms with Crippen LogP contribution < -0.4 is 5.73 Å². The maximum absolute atomic E-state index is 12.3. The number of carbonyl (C=O) groups is 1. The molecule has 4 heteroatoms. The first-order valence-electron chi connectivity index (χ1n) is 3.34. The molecule has 11 heavy (non-hydrogen) atoms. The van der Waals surface area contributed by atoms with Crippen LogP contribution in [0.15, 0.2) is 0 Å². The molecule has 3 N–H and O–H groups in total. The third-order valence-electron chi connectivity index (χ3n) is 1.93. The summed E-state index contributed by atoms with van der Waals surface area (Å²) in [6.45, 7) is 3.74. The van der Waals surface area contributed by atoms with E-state index in [4.69, 9.17) is 10.8 Å². The zero-order chi connectivity index (χ0) is 9.28. The fraction of sp³-hybridized carbons (Fsp3) is 0.857. The maximum atomic E-state index is 12.3. The fourth-order valence-corrected chi connectivity index (χ4v) is 0.578. The molecule has 0 fully saturated rings. The van der Waals surface area contributed by atoms with Gasteiger partial charge in [-0.25, -0.2) is 4.39 Å². The highest BCUT2D eigenvalue weighted by atomic mass is 19.1. The number of halogens is 1. The van der Waals surface area contributed by atoms with Crippen molar-refractivity contribution in [2.45, 2.75) is 26.3 Å². The van der Waals surface area contributed by atoms with E-state index in [9.17, 15) is 9.18 Å². The molecule has 0 rings (SSSR count). The van der Waals surface area contributed by atoms with Crippen molar-refractivity contribution in [3.8, 4) is 0 Å². The van der Waals surface area contributed by atoms with E-state index >= 15 is 0 Å². The lowest BCUT2D eigenvalue weighted by Crippen LogP contribution is -2.59. The molecule has 0 bridgehead atoms. The van der Waals surface area contributed by atoms with E-state index in [1.807, 2.05) is 0 Å². The van der Waals surface area contributed by atoms with Crippen molar-refractivity contribution in [1.82, 2.24) is 0 Å². The van der Waals surface area contributed by atoms with Gasteiger partial charge in [-0.2, -0.15) is 0 Å². The lowest BCUT2D eigenvalue weighted by molar-refractivity contribution is -0.148. The second-order valence-corrected chi connectivity index (χ2v) is 3.66. The van der Waals surface area contributed by atoms with Gasteiger partial charge in [0, 0.05) is 0 Å².